The molecule has 0 aliphatic heterocycles. The van der Waals surface area contributed by atoms with E-state index >= 15 is 0 Å². The summed E-state index contributed by atoms with van der Waals surface area (Å²) in [5.41, 5.74) is 0.780. The molecule has 1 aromatic heterocycles. The second kappa shape index (κ2) is 8.07. The summed E-state index contributed by atoms with van der Waals surface area (Å²) < 4.78 is 0. The number of carboxylic acid groups (broad SMARTS) is 1. The normalized spacial score (nSPS) is 13.8. The largest absolute Gasteiger partial charge is 0.480 e. The van der Waals surface area contributed by atoms with E-state index in [1.54, 1.807) is 6.92 Å². The van der Waals surface area contributed by atoms with Gasteiger partial charge in [-0.05, 0) is 30.4 Å². The van der Waals surface area contributed by atoms with Gasteiger partial charge < -0.3 is 10.4 Å². The van der Waals surface area contributed by atoms with Crippen LogP contribution in [0, 0.1) is 5.41 Å². The molecule has 140 valence electrons. The molecular weight excluding hydrogens is 334 g/mol. The van der Waals surface area contributed by atoms with Crippen LogP contribution < -0.4 is 5.32 Å². The summed E-state index contributed by atoms with van der Waals surface area (Å²) in [5, 5.41) is 24.0. The zero-order valence-corrected chi connectivity index (χ0v) is 15.5. The van der Waals surface area contributed by atoms with E-state index in [0.717, 1.165) is 5.56 Å². The van der Waals surface area contributed by atoms with E-state index in [0.29, 0.717) is 18.7 Å². The van der Waals surface area contributed by atoms with Crippen LogP contribution in [0.25, 0.3) is 11.4 Å². The molecule has 0 bridgehead atoms. The number of carboxylic acids is 1. The maximum Gasteiger partial charge on any atom is 0.326 e. The fourth-order valence-corrected chi connectivity index (χ4v) is 2.32. The maximum atomic E-state index is 12.4. The minimum absolute atomic E-state index is 0.0118. The number of benzene rings is 1. The molecule has 0 aliphatic rings. The van der Waals surface area contributed by atoms with Gasteiger partial charge in [0.1, 0.15) is 12.1 Å². The molecule has 2 atom stereocenters. The van der Waals surface area contributed by atoms with Crippen molar-refractivity contribution in [3.8, 4) is 11.4 Å². The Bertz CT molecular complexity index is 752. The van der Waals surface area contributed by atoms with Crippen LogP contribution in [0.4, 0.5) is 0 Å². The Morgan fingerprint density at radius 1 is 1.23 bits per heavy atom. The monoisotopic (exact) mass is 359 g/mol. The molecule has 2 rings (SSSR count). The van der Waals surface area contributed by atoms with Crippen LogP contribution in [0.3, 0.4) is 0 Å². The molecule has 0 aliphatic carbocycles. The lowest BCUT2D eigenvalue weighted by Gasteiger charge is -2.22. The topological polar surface area (TPSA) is 110 Å². The van der Waals surface area contributed by atoms with E-state index in [1.165, 1.54) is 4.80 Å². The van der Waals surface area contributed by atoms with Crippen LogP contribution >= 0.6 is 0 Å². The number of nitrogens with zero attached hydrogens (tertiary/aromatic N) is 4. The highest BCUT2D eigenvalue weighted by atomic mass is 16.4. The number of nitrogens with one attached hydrogen (secondary N) is 1. The van der Waals surface area contributed by atoms with Crippen molar-refractivity contribution < 1.29 is 14.7 Å². The molecule has 1 heterocycles. The fourth-order valence-electron chi connectivity index (χ4n) is 2.32. The van der Waals surface area contributed by atoms with E-state index in [1.807, 2.05) is 51.1 Å². The van der Waals surface area contributed by atoms with E-state index in [9.17, 15) is 14.7 Å². The maximum absolute atomic E-state index is 12.4. The quantitative estimate of drug-likeness (QED) is 0.785. The molecule has 0 saturated carbocycles. The Balaban J connectivity index is 2.04. The zero-order valence-electron chi connectivity index (χ0n) is 15.5. The molecule has 0 saturated heterocycles. The van der Waals surface area contributed by atoms with Crippen molar-refractivity contribution >= 4 is 11.9 Å². The second-order valence-corrected chi connectivity index (χ2v) is 7.47. The van der Waals surface area contributed by atoms with E-state index in [2.05, 4.69) is 20.7 Å². The van der Waals surface area contributed by atoms with Crippen LogP contribution in [-0.2, 0) is 9.59 Å². The van der Waals surface area contributed by atoms with E-state index in [4.69, 9.17) is 0 Å². The highest BCUT2D eigenvalue weighted by molar-refractivity contribution is 5.85. The van der Waals surface area contributed by atoms with Crippen molar-refractivity contribution in [2.24, 2.45) is 5.41 Å². The Morgan fingerprint density at radius 2 is 1.88 bits per heavy atom. The molecule has 8 nitrogen and oxygen atoms in total. The number of carbonyl (C=O) groups excluding carboxylic acids is 1. The third-order valence-electron chi connectivity index (χ3n) is 3.98. The number of hydrogen-bond donors (Lipinski definition) is 2. The molecule has 1 amide bonds. The van der Waals surface area contributed by atoms with Crippen LogP contribution in [0.1, 0.15) is 46.6 Å². The molecule has 0 fully saturated rings. The van der Waals surface area contributed by atoms with Crippen molar-refractivity contribution in [2.75, 3.05) is 0 Å². The third-order valence-corrected chi connectivity index (χ3v) is 3.98. The number of tetrazole rings is 1. The number of rotatable bonds is 7. The predicted molar refractivity (Wildman–Crippen MR) is 96.2 cm³/mol. The van der Waals surface area contributed by atoms with Gasteiger partial charge in [-0.2, -0.15) is 4.80 Å². The molecule has 26 heavy (non-hydrogen) atoms. The van der Waals surface area contributed by atoms with Gasteiger partial charge in [0.2, 0.25) is 11.7 Å². The number of aliphatic carboxylic acids is 1. The van der Waals surface area contributed by atoms with Gasteiger partial charge >= 0.3 is 5.97 Å². The Morgan fingerprint density at radius 3 is 2.46 bits per heavy atom. The summed E-state index contributed by atoms with van der Waals surface area (Å²) in [6.07, 6.45) is 1.04. The average Bonchev–Trinajstić information content (AvgIpc) is 3.07. The van der Waals surface area contributed by atoms with Gasteiger partial charge in [0.25, 0.3) is 0 Å². The van der Waals surface area contributed by atoms with Crippen LogP contribution in [0.15, 0.2) is 30.3 Å². The second-order valence-electron chi connectivity index (χ2n) is 7.47. The minimum atomic E-state index is -1.05. The number of carbonyl (C=O) groups is 2. The van der Waals surface area contributed by atoms with Crippen LogP contribution in [0.2, 0.25) is 0 Å². The summed E-state index contributed by atoms with van der Waals surface area (Å²) in [4.78, 5) is 25.1. The van der Waals surface area contributed by atoms with Crippen LogP contribution in [-0.4, -0.2) is 43.2 Å². The van der Waals surface area contributed by atoms with Gasteiger partial charge in [0, 0.05) is 5.56 Å². The van der Waals surface area contributed by atoms with E-state index < -0.39 is 24.0 Å². The zero-order chi connectivity index (χ0) is 19.3. The molecule has 2 N–H and O–H groups in total. The number of hydrogen-bond acceptors (Lipinski definition) is 5. The fraction of sp³-hybridized carbons (Fsp3) is 0.500. The summed E-state index contributed by atoms with van der Waals surface area (Å²) >= 11 is 0. The first-order valence-electron chi connectivity index (χ1n) is 8.55. The standard InChI is InChI=1S/C18H25N5O3/c1-12(16(24)19-14(17(25)26)10-11-18(2,3)4)23-21-15(20-22-23)13-8-6-5-7-9-13/h5-9,12,14H,10-11H2,1-4H3,(H,19,24)(H,25,26). The lowest BCUT2D eigenvalue weighted by atomic mass is 9.88. The Kier molecular flexibility index (Phi) is 6.07. The Labute approximate surface area is 152 Å². The summed E-state index contributed by atoms with van der Waals surface area (Å²) in [6.45, 7) is 7.69. The molecular formula is C18H25N5O3. The van der Waals surface area contributed by atoms with E-state index in [-0.39, 0.29) is 5.41 Å². The molecule has 0 spiro atoms. The highest BCUT2D eigenvalue weighted by Crippen LogP contribution is 2.22. The highest BCUT2D eigenvalue weighted by Gasteiger charge is 2.26. The molecule has 2 unspecified atom stereocenters. The summed E-state index contributed by atoms with van der Waals surface area (Å²) in [7, 11) is 0. The first kappa shape index (κ1) is 19.6. The van der Waals surface area contributed by atoms with Crippen LogP contribution in [0.5, 0.6) is 0 Å². The first-order chi connectivity index (χ1) is 12.2. The summed E-state index contributed by atoms with van der Waals surface area (Å²) in [5.74, 6) is -1.09. The van der Waals surface area contributed by atoms with Gasteiger partial charge in [0.05, 0.1) is 0 Å². The number of amides is 1. The predicted octanol–water partition coefficient (Wildman–Crippen LogP) is 2.30. The first-order valence-corrected chi connectivity index (χ1v) is 8.55. The van der Waals surface area contributed by atoms with Gasteiger partial charge in [-0.3, -0.25) is 4.79 Å². The van der Waals surface area contributed by atoms with Crippen molar-refractivity contribution in [1.29, 1.82) is 0 Å². The average molecular weight is 359 g/mol. The van der Waals surface area contributed by atoms with Crippen molar-refractivity contribution in [3.05, 3.63) is 30.3 Å². The Hall–Kier alpha value is -2.77. The smallest absolute Gasteiger partial charge is 0.326 e. The van der Waals surface area contributed by atoms with Gasteiger partial charge in [-0.1, -0.05) is 51.1 Å². The van der Waals surface area contributed by atoms with Gasteiger partial charge in [-0.25, -0.2) is 4.79 Å². The minimum Gasteiger partial charge on any atom is -0.480 e. The summed E-state index contributed by atoms with van der Waals surface area (Å²) in [6, 6.07) is 7.58. The third kappa shape index (κ3) is 5.37. The molecule has 1 aromatic carbocycles. The van der Waals surface area contributed by atoms with Crippen molar-refractivity contribution in [2.45, 2.75) is 52.6 Å². The van der Waals surface area contributed by atoms with Gasteiger partial charge in [0.15, 0.2) is 0 Å². The lowest BCUT2D eigenvalue weighted by Crippen LogP contribution is -2.44. The molecule has 0 radical (unpaired) electrons. The van der Waals surface area contributed by atoms with Crippen molar-refractivity contribution in [3.63, 3.8) is 0 Å². The molecule has 2 aromatic rings. The van der Waals surface area contributed by atoms with Crippen molar-refractivity contribution in [1.82, 2.24) is 25.5 Å². The van der Waals surface area contributed by atoms with Gasteiger partial charge in [-0.15, -0.1) is 10.2 Å². The molecule has 8 heteroatoms. The lowest BCUT2D eigenvalue weighted by molar-refractivity contribution is -0.142. The number of aromatic nitrogens is 4. The SMILES string of the molecule is CC(C(=O)NC(CCC(C)(C)C)C(=O)O)n1nnc(-c2ccccc2)n1.